The maximum atomic E-state index is 12.6. The Hall–Kier alpha value is -2.18. The summed E-state index contributed by atoms with van der Waals surface area (Å²) in [6, 6.07) is 9.23. The summed E-state index contributed by atoms with van der Waals surface area (Å²) >= 11 is 0. The SMILES string of the molecule is CO[C@]1(/C(C)=N\O)[C@H](O)C[C@@H]2[C@@H]3CC=C4C[C@H](OC(=O)c5ccccc5)CC[C@]4(C)[C@@H]3CC[C@@]21C. The number of aliphatic hydroxyl groups excluding tert-OH is 1. The summed E-state index contributed by atoms with van der Waals surface area (Å²) in [6.45, 7) is 6.40. The zero-order valence-corrected chi connectivity index (χ0v) is 21.4. The van der Waals surface area contributed by atoms with Gasteiger partial charge in [-0.3, -0.25) is 0 Å². The lowest BCUT2D eigenvalue weighted by Gasteiger charge is -2.59. The van der Waals surface area contributed by atoms with Gasteiger partial charge in [-0.2, -0.15) is 0 Å². The highest BCUT2D eigenvalue weighted by Gasteiger charge is 2.69. The van der Waals surface area contributed by atoms with Gasteiger partial charge >= 0.3 is 5.97 Å². The third-order valence-electron chi connectivity index (χ3n) is 10.5. The minimum Gasteiger partial charge on any atom is -0.458 e. The Bertz CT molecular complexity index is 1040. The Kier molecular flexibility index (Phi) is 6.12. The topological polar surface area (TPSA) is 88.3 Å². The molecule has 0 aromatic heterocycles. The second kappa shape index (κ2) is 8.74. The number of aliphatic hydroxyl groups is 1. The molecule has 6 nitrogen and oxygen atoms in total. The van der Waals surface area contributed by atoms with Crippen LogP contribution >= 0.6 is 0 Å². The van der Waals surface area contributed by atoms with Crippen molar-refractivity contribution in [3.8, 4) is 0 Å². The minimum absolute atomic E-state index is 0.0784. The zero-order valence-electron chi connectivity index (χ0n) is 21.4. The predicted molar refractivity (Wildman–Crippen MR) is 133 cm³/mol. The monoisotopic (exact) mass is 481 g/mol. The minimum atomic E-state index is -0.953. The van der Waals surface area contributed by atoms with Crippen LogP contribution in [0.4, 0.5) is 0 Å². The molecule has 5 rings (SSSR count). The van der Waals surface area contributed by atoms with Gasteiger partial charge in [-0.1, -0.05) is 48.9 Å². The van der Waals surface area contributed by atoms with E-state index >= 15 is 0 Å². The van der Waals surface area contributed by atoms with Gasteiger partial charge in [0.05, 0.1) is 17.4 Å². The summed E-state index contributed by atoms with van der Waals surface area (Å²) in [5.41, 5.74) is 1.35. The number of oxime groups is 1. The average Bonchev–Trinajstić information content (AvgIpc) is 3.10. The molecule has 1 aromatic rings. The highest BCUT2D eigenvalue weighted by molar-refractivity contribution is 5.92. The molecule has 190 valence electrons. The van der Waals surface area contributed by atoms with Crippen LogP contribution in [0.2, 0.25) is 0 Å². The smallest absolute Gasteiger partial charge is 0.338 e. The molecule has 2 N–H and O–H groups in total. The van der Waals surface area contributed by atoms with Gasteiger partial charge in [0.2, 0.25) is 0 Å². The molecule has 0 aliphatic heterocycles. The Morgan fingerprint density at radius 2 is 1.86 bits per heavy atom. The van der Waals surface area contributed by atoms with Crippen molar-refractivity contribution in [3.05, 3.63) is 47.5 Å². The number of methoxy groups -OCH3 is 1. The molecule has 8 atom stereocenters. The molecule has 4 aliphatic carbocycles. The van der Waals surface area contributed by atoms with E-state index in [0.717, 1.165) is 38.5 Å². The van der Waals surface area contributed by atoms with E-state index < -0.39 is 11.7 Å². The highest BCUT2D eigenvalue weighted by Crippen LogP contribution is 2.68. The number of carbonyl (C=O) groups is 1. The molecule has 0 unspecified atom stereocenters. The lowest BCUT2D eigenvalue weighted by atomic mass is 9.46. The molecule has 0 amide bonds. The van der Waals surface area contributed by atoms with Crippen molar-refractivity contribution in [3.63, 3.8) is 0 Å². The standard InChI is InChI=1S/C29H39NO5/c1-18(30-33)29(34-4)25(31)17-24-22-11-10-20-16-21(35-26(32)19-8-6-5-7-9-19)12-14-27(20,2)23(22)13-15-28(24,29)3/h5-10,21-25,31,33H,11-17H2,1-4H3/b30-18-/t21-,22-,23-,24-,25-,27+,28+,29-/m1/s1. The van der Waals surface area contributed by atoms with Gasteiger partial charge < -0.3 is 19.8 Å². The Labute approximate surface area is 208 Å². The molecule has 3 saturated carbocycles. The number of ether oxygens (including phenoxy) is 2. The van der Waals surface area contributed by atoms with E-state index in [2.05, 4.69) is 25.1 Å². The van der Waals surface area contributed by atoms with Crippen LogP contribution < -0.4 is 0 Å². The van der Waals surface area contributed by atoms with Crippen molar-refractivity contribution in [1.29, 1.82) is 0 Å². The number of allylic oxidation sites excluding steroid dienone is 1. The molecule has 0 saturated heterocycles. The van der Waals surface area contributed by atoms with Crippen LogP contribution in [-0.4, -0.2) is 46.9 Å². The van der Waals surface area contributed by atoms with Crippen LogP contribution in [0.1, 0.15) is 76.1 Å². The van der Waals surface area contributed by atoms with E-state index in [0.29, 0.717) is 29.5 Å². The van der Waals surface area contributed by atoms with Gasteiger partial charge in [0.15, 0.2) is 0 Å². The molecule has 0 spiro atoms. The fourth-order valence-electron chi connectivity index (χ4n) is 8.77. The first-order valence-corrected chi connectivity index (χ1v) is 13.1. The van der Waals surface area contributed by atoms with E-state index in [9.17, 15) is 15.1 Å². The Morgan fingerprint density at radius 1 is 1.11 bits per heavy atom. The van der Waals surface area contributed by atoms with E-state index in [1.807, 2.05) is 18.2 Å². The summed E-state index contributed by atoms with van der Waals surface area (Å²) in [5, 5.41) is 24.4. The van der Waals surface area contributed by atoms with Crippen LogP contribution in [-0.2, 0) is 9.47 Å². The van der Waals surface area contributed by atoms with Crippen LogP contribution in [0.5, 0.6) is 0 Å². The van der Waals surface area contributed by atoms with Gasteiger partial charge in [0, 0.05) is 18.9 Å². The molecule has 35 heavy (non-hydrogen) atoms. The van der Waals surface area contributed by atoms with Gasteiger partial charge in [0.25, 0.3) is 0 Å². The fourth-order valence-corrected chi connectivity index (χ4v) is 8.77. The molecule has 3 fully saturated rings. The normalized spacial score (nSPS) is 42.9. The zero-order chi connectivity index (χ0) is 25.0. The summed E-state index contributed by atoms with van der Waals surface area (Å²) in [7, 11) is 1.63. The maximum Gasteiger partial charge on any atom is 0.338 e. The average molecular weight is 482 g/mol. The van der Waals surface area contributed by atoms with Gasteiger partial charge in [0.1, 0.15) is 11.7 Å². The van der Waals surface area contributed by atoms with Gasteiger partial charge in [-0.25, -0.2) is 4.79 Å². The van der Waals surface area contributed by atoms with Crippen molar-refractivity contribution in [2.75, 3.05) is 7.11 Å². The van der Waals surface area contributed by atoms with E-state index in [4.69, 9.17) is 9.47 Å². The highest BCUT2D eigenvalue weighted by atomic mass is 16.5. The van der Waals surface area contributed by atoms with Crippen molar-refractivity contribution in [2.45, 2.75) is 83.5 Å². The molecular formula is C29H39NO5. The number of hydrogen-bond donors (Lipinski definition) is 2. The van der Waals surface area contributed by atoms with Crippen molar-refractivity contribution < 1.29 is 24.6 Å². The summed E-state index contributed by atoms with van der Waals surface area (Å²) in [5.74, 6) is 1.02. The molecule has 0 bridgehead atoms. The second-order valence-corrected chi connectivity index (χ2v) is 11.7. The lowest BCUT2D eigenvalue weighted by molar-refractivity contribution is -0.131. The lowest BCUT2D eigenvalue weighted by Crippen LogP contribution is -2.60. The molecule has 1 aromatic carbocycles. The molecule has 0 heterocycles. The summed E-state index contributed by atoms with van der Waals surface area (Å²) < 4.78 is 12.0. The first kappa shape index (κ1) is 24.5. The first-order valence-electron chi connectivity index (χ1n) is 13.1. The fraction of sp³-hybridized carbons (Fsp3) is 0.655. The summed E-state index contributed by atoms with van der Waals surface area (Å²) in [4.78, 5) is 12.6. The third kappa shape index (κ3) is 3.43. The number of esters is 1. The molecule has 4 aliphatic rings. The van der Waals surface area contributed by atoms with Crippen LogP contribution in [0, 0.1) is 28.6 Å². The number of hydrogen-bond acceptors (Lipinski definition) is 6. The van der Waals surface area contributed by atoms with Gasteiger partial charge in [-0.05, 0) is 80.8 Å². The Balaban J connectivity index is 1.38. The number of fused-ring (bicyclic) bond motifs is 5. The molecule has 0 radical (unpaired) electrons. The summed E-state index contributed by atoms with van der Waals surface area (Å²) in [6.07, 6.45) is 7.93. The largest absolute Gasteiger partial charge is 0.458 e. The quantitative estimate of drug-likeness (QED) is 0.198. The molecular weight excluding hydrogens is 442 g/mol. The molecule has 6 heteroatoms. The van der Waals surface area contributed by atoms with E-state index in [1.165, 1.54) is 5.57 Å². The van der Waals surface area contributed by atoms with Crippen molar-refractivity contribution >= 4 is 11.7 Å². The van der Waals surface area contributed by atoms with Crippen LogP contribution in [0.15, 0.2) is 47.1 Å². The first-order chi connectivity index (χ1) is 16.7. The van der Waals surface area contributed by atoms with Gasteiger partial charge in [-0.15, -0.1) is 0 Å². The van der Waals surface area contributed by atoms with Crippen LogP contribution in [0.3, 0.4) is 0 Å². The predicted octanol–water partition coefficient (Wildman–Crippen LogP) is 5.38. The van der Waals surface area contributed by atoms with Crippen molar-refractivity contribution in [1.82, 2.24) is 0 Å². The number of rotatable bonds is 4. The van der Waals surface area contributed by atoms with Crippen molar-refractivity contribution in [2.24, 2.45) is 33.7 Å². The number of nitrogens with zero attached hydrogens (tertiary/aromatic N) is 1. The van der Waals surface area contributed by atoms with E-state index in [-0.39, 0.29) is 28.8 Å². The van der Waals surface area contributed by atoms with Crippen LogP contribution in [0.25, 0.3) is 0 Å². The maximum absolute atomic E-state index is 12.6. The Morgan fingerprint density at radius 3 is 2.54 bits per heavy atom. The third-order valence-corrected chi connectivity index (χ3v) is 10.5. The van der Waals surface area contributed by atoms with E-state index in [1.54, 1.807) is 26.2 Å². The number of benzene rings is 1. The second-order valence-electron chi connectivity index (χ2n) is 11.7. The number of carbonyl (C=O) groups excluding carboxylic acids is 1.